The Morgan fingerprint density at radius 1 is 1.03 bits per heavy atom. The summed E-state index contributed by atoms with van der Waals surface area (Å²) >= 11 is 3.52. The molecule has 1 amide bonds. The fourth-order valence-corrected chi connectivity index (χ4v) is 3.90. The van der Waals surface area contributed by atoms with Crippen molar-refractivity contribution in [3.8, 4) is 11.5 Å². The van der Waals surface area contributed by atoms with Crippen LogP contribution in [0.15, 0.2) is 88.9 Å². The van der Waals surface area contributed by atoms with Crippen LogP contribution >= 0.6 is 15.9 Å². The summed E-state index contributed by atoms with van der Waals surface area (Å²) in [4.78, 5) is 15.0. The standard InChI is InChI=1S/C25H20BrNO3/c1-2-30-24-12-11-17(14-22(24)26)13-19-15-23(18-7-4-3-5-8-18)27(25(19)29)20-9-6-10-21(28)16-20/h3-16,28H,2H2,1H3/b19-13+. The number of phenolic OH excluding ortho intramolecular Hbond substituents is 1. The minimum atomic E-state index is -0.149. The van der Waals surface area contributed by atoms with Gasteiger partial charge in [0.1, 0.15) is 11.5 Å². The summed E-state index contributed by atoms with van der Waals surface area (Å²) in [7, 11) is 0. The summed E-state index contributed by atoms with van der Waals surface area (Å²) in [5.74, 6) is 0.726. The number of aromatic hydroxyl groups is 1. The summed E-state index contributed by atoms with van der Waals surface area (Å²) in [5.41, 5.74) is 3.75. The Morgan fingerprint density at radius 3 is 2.53 bits per heavy atom. The van der Waals surface area contributed by atoms with Gasteiger partial charge in [-0.15, -0.1) is 0 Å². The summed E-state index contributed by atoms with van der Waals surface area (Å²) in [6.45, 7) is 2.52. The SMILES string of the molecule is CCOc1ccc(/C=C2\C=C(c3ccccc3)N(c3cccc(O)c3)C2=O)cc1Br. The van der Waals surface area contributed by atoms with E-state index < -0.39 is 0 Å². The molecule has 0 fully saturated rings. The molecular formula is C25H20BrNO3. The third kappa shape index (κ3) is 4.02. The second kappa shape index (κ2) is 8.59. The van der Waals surface area contributed by atoms with Crippen LogP contribution in [0.3, 0.4) is 0 Å². The highest BCUT2D eigenvalue weighted by molar-refractivity contribution is 9.10. The fraction of sp³-hybridized carbons (Fsp3) is 0.0800. The number of nitrogens with zero attached hydrogens (tertiary/aromatic N) is 1. The van der Waals surface area contributed by atoms with Crippen LogP contribution in [0.1, 0.15) is 18.1 Å². The van der Waals surface area contributed by atoms with Gasteiger partial charge < -0.3 is 9.84 Å². The Morgan fingerprint density at radius 2 is 1.83 bits per heavy atom. The van der Waals surface area contributed by atoms with Gasteiger partial charge in [-0.1, -0.05) is 42.5 Å². The van der Waals surface area contributed by atoms with Crippen LogP contribution in [0.2, 0.25) is 0 Å². The molecule has 1 N–H and O–H groups in total. The van der Waals surface area contributed by atoms with Gasteiger partial charge in [0.05, 0.1) is 22.5 Å². The van der Waals surface area contributed by atoms with Crippen molar-refractivity contribution >= 4 is 39.3 Å². The average Bonchev–Trinajstić information content (AvgIpc) is 3.07. The molecule has 3 aromatic rings. The quantitative estimate of drug-likeness (QED) is 0.472. The van der Waals surface area contributed by atoms with Gasteiger partial charge in [0.15, 0.2) is 0 Å². The molecule has 0 aromatic heterocycles. The maximum atomic E-state index is 13.3. The van der Waals surface area contributed by atoms with Gasteiger partial charge in [-0.25, -0.2) is 0 Å². The zero-order valence-electron chi connectivity index (χ0n) is 16.4. The lowest BCUT2D eigenvalue weighted by atomic mass is 10.1. The normalized spacial score (nSPS) is 14.9. The molecule has 4 nitrogen and oxygen atoms in total. The van der Waals surface area contributed by atoms with Gasteiger partial charge in [-0.05, 0) is 70.4 Å². The largest absolute Gasteiger partial charge is 0.508 e. The molecular weight excluding hydrogens is 442 g/mol. The first-order valence-electron chi connectivity index (χ1n) is 9.61. The maximum Gasteiger partial charge on any atom is 0.262 e. The number of amides is 1. The molecule has 1 heterocycles. The number of hydrogen-bond donors (Lipinski definition) is 1. The molecule has 0 unspecified atom stereocenters. The minimum Gasteiger partial charge on any atom is -0.508 e. The summed E-state index contributed by atoms with van der Waals surface area (Å²) in [5, 5.41) is 9.93. The van der Waals surface area contributed by atoms with Crippen molar-refractivity contribution in [1.29, 1.82) is 0 Å². The van der Waals surface area contributed by atoms with Crippen molar-refractivity contribution in [3.63, 3.8) is 0 Å². The number of rotatable bonds is 5. The molecule has 30 heavy (non-hydrogen) atoms. The van der Waals surface area contributed by atoms with Gasteiger partial charge in [0.25, 0.3) is 5.91 Å². The highest BCUT2D eigenvalue weighted by Crippen LogP contribution is 2.36. The number of phenols is 1. The molecule has 0 bridgehead atoms. The lowest BCUT2D eigenvalue weighted by Crippen LogP contribution is -2.24. The Kier molecular flexibility index (Phi) is 5.72. The number of benzene rings is 3. The highest BCUT2D eigenvalue weighted by atomic mass is 79.9. The highest BCUT2D eigenvalue weighted by Gasteiger charge is 2.30. The van der Waals surface area contributed by atoms with E-state index in [9.17, 15) is 9.90 Å². The van der Waals surface area contributed by atoms with E-state index in [0.717, 1.165) is 27.0 Å². The van der Waals surface area contributed by atoms with E-state index >= 15 is 0 Å². The van der Waals surface area contributed by atoms with Crippen molar-refractivity contribution in [2.24, 2.45) is 0 Å². The van der Waals surface area contributed by atoms with Crippen LogP contribution in [0.5, 0.6) is 11.5 Å². The molecule has 5 heteroatoms. The second-order valence-corrected chi connectivity index (χ2v) is 7.63. The molecule has 0 spiro atoms. The molecule has 0 saturated carbocycles. The number of carbonyl (C=O) groups excluding carboxylic acids is 1. The van der Waals surface area contributed by atoms with E-state index in [1.807, 2.05) is 73.7 Å². The first-order chi connectivity index (χ1) is 14.6. The third-order valence-electron chi connectivity index (χ3n) is 4.72. The Labute approximate surface area is 183 Å². The number of anilines is 1. The molecule has 0 radical (unpaired) electrons. The Balaban J connectivity index is 1.78. The van der Waals surface area contributed by atoms with Crippen molar-refractivity contribution < 1.29 is 14.6 Å². The topological polar surface area (TPSA) is 49.8 Å². The Hall–Kier alpha value is -3.31. The van der Waals surface area contributed by atoms with E-state index in [2.05, 4.69) is 15.9 Å². The van der Waals surface area contributed by atoms with E-state index in [4.69, 9.17) is 4.74 Å². The maximum absolute atomic E-state index is 13.3. The van der Waals surface area contributed by atoms with Gasteiger partial charge >= 0.3 is 0 Å². The first kappa shape index (κ1) is 20.0. The van der Waals surface area contributed by atoms with Gasteiger partial charge in [-0.3, -0.25) is 9.69 Å². The molecule has 0 saturated heterocycles. The monoisotopic (exact) mass is 461 g/mol. The summed E-state index contributed by atoms with van der Waals surface area (Å²) < 4.78 is 6.40. The number of ether oxygens (including phenoxy) is 1. The number of hydrogen-bond acceptors (Lipinski definition) is 3. The predicted molar refractivity (Wildman–Crippen MR) is 123 cm³/mol. The van der Waals surface area contributed by atoms with E-state index in [1.165, 1.54) is 0 Å². The van der Waals surface area contributed by atoms with E-state index in [1.54, 1.807) is 23.1 Å². The van der Waals surface area contributed by atoms with Crippen LogP contribution in [-0.2, 0) is 4.79 Å². The summed E-state index contributed by atoms with van der Waals surface area (Å²) in [6, 6.07) is 22.2. The molecule has 3 aromatic carbocycles. The van der Waals surface area contributed by atoms with Crippen molar-refractivity contribution in [2.75, 3.05) is 11.5 Å². The summed E-state index contributed by atoms with van der Waals surface area (Å²) in [6.07, 6.45) is 3.74. The average molecular weight is 462 g/mol. The van der Waals surface area contributed by atoms with Crippen molar-refractivity contribution in [3.05, 3.63) is 100 Å². The molecule has 0 aliphatic carbocycles. The van der Waals surface area contributed by atoms with Crippen LogP contribution < -0.4 is 9.64 Å². The van der Waals surface area contributed by atoms with Crippen molar-refractivity contribution in [1.82, 2.24) is 0 Å². The van der Waals surface area contributed by atoms with Gasteiger partial charge in [0.2, 0.25) is 0 Å². The zero-order chi connectivity index (χ0) is 21.1. The van der Waals surface area contributed by atoms with Crippen molar-refractivity contribution in [2.45, 2.75) is 6.92 Å². The fourth-order valence-electron chi connectivity index (χ4n) is 3.38. The second-order valence-electron chi connectivity index (χ2n) is 6.78. The molecule has 1 aliphatic heterocycles. The zero-order valence-corrected chi connectivity index (χ0v) is 18.0. The number of halogens is 1. The van der Waals surface area contributed by atoms with Crippen LogP contribution in [0.4, 0.5) is 5.69 Å². The molecule has 0 atom stereocenters. The van der Waals surface area contributed by atoms with Gasteiger partial charge in [-0.2, -0.15) is 0 Å². The van der Waals surface area contributed by atoms with Gasteiger partial charge in [0, 0.05) is 11.6 Å². The van der Waals surface area contributed by atoms with Crippen LogP contribution in [0, 0.1) is 0 Å². The van der Waals surface area contributed by atoms with E-state index in [-0.39, 0.29) is 11.7 Å². The Bertz CT molecular complexity index is 1150. The first-order valence-corrected chi connectivity index (χ1v) is 10.4. The number of carbonyl (C=O) groups is 1. The molecule has 150 valence electrons. The van der Waals surface area contributed by atoms with Crippen LogP contribution in [-0.4, -0.2) is 17.6 Å². The van der Waals surface area contributed by atoms with E-state index in [0.29, 0.717) is 17.9 Å². The smallest absolute Gasteiger partial charge is 0.262 e. The third-order valence-corrected chi connectivity index (χ3v) is 5.34. The predicted octanol–water partition coefficient (Wildman–Crippen LogP) is 6.02. The lowest BCUT2D eigenvalue weighted by Gasteiger charge is -2.21. The molecule has 1 aliphatic rings. The lowest BCUT2D eigenvalue weighted by molar-refractivity contribution is -0.113. The minimum absolute atomic E-state index is 0.112. The van der Waals surface area contributed by atoms with Crippen LogP contribution in [0.25, 0.3) is 11.8 Å². The molecule has 4 rings (SSSR count).